The molecule has 0 aromatic carbocycles. The standard InChI is InChI=1S/C21H44O11/c1-16(22)9-18(24)11-20(13-27-4)30-8-7-29-15-31-32-21(14-28-6-5-26-3)12-19(25)10-17(2)23/h16-25H,5-15H2,1-4H3. The molecule has 32 heavy (non-hydrogen) atoms. The molecule has 0 fully saturated rings. The van der Waals surface area contributed by atoms with Gasteiger partial charge >= 0.3 is 0 Å². The average molecular weight is 473 g/mol. The van der Waals surface area contributed by atoms with Crippen LogP contribution in [0.25, 0.3) is 0 Å². The van der Waals surface area contributed by atoms with Gasteiger partial charge in [0.05, 0.1) is 70.2 Å². The summed E-state index contributed by atoms with van der Waals surface area (Å²) in [6.45, 7) is 4.89. The van der Waals surface area contributed by atoms with Crippen molar-refractivity contribution < 1.29 is 53.9 Å². The topological polar surface area (TPSA) is 146 Å². The molecule has 0 aliphatic heterocycles. The van der Waals surface area contributed by atoms with Gasteiger partial charge in [-0.3, -0.25) is 0 Å². The third-order valence-corrected chi connectivity index (χ3v) is 4.30. The first-order chi connectivity index (χ1) is 15.3. The summed E-state index contributed by atoms with van der Waals surface area (Å²) in [4.78, 5) is 10.3. The van der Waals surface area contributed by atoms with Crippen LogP contribution < -0.4 is 0 Å². The minimum absolute atomic E-state index is 0.149. The van der Waals surface area contributed by atoms with E-state index in [0.29, 0.717) is 26.2 Å². The number of methoxy groups -OCH3 is 2. The zero-order valence-corrected chi connectivity index (χ0v) is 19.9. The fourth-order valence-corrected chi connectivity index (χ4v) is 2.94. The summed E-state index contributed by atoms with van der Waals surface area (Å²) in [5, 5.41) is 38.7. The number of aliphatic hydroxyl groups excluding tert-OH is 4. The monoisotopic (exact) mass is 472 g/mol. The van der Waals surface area contributed by atoms with E-state index in [1.807, 2.05) is 0 Å². The Labute approximate surface area is 191 Å². The molecule has 0 radical (unpaired) electrons. The van der Waals surface area contributed by atoms with Crippen LogP contribution in [0, 0.1) is 0 Å². The maximum absolute atomic E-state index is 10.0. The summed E-state index contributed by atoms with van der Waals surface area (Å²) in [5.41, 5.74) is 0. The van der Waals surface area contributed by atoms with Gasteiger partial charge in [0, 0.05) is 27.1 Å². The van der Waals surface area contributed by atoms with Crippen molar-refractivity contribution in [1.82, 2.24) is 0 Å². The lowest BCUT2D eigenvalue weighted by Gasteiger charge is -2.21. The predicted molar refractivity (Wildman–Crippen MR) is 115 cm³/mol. The van der Waals surface area contributed by atoms with Crippen molar-refractivity contribution >= 4 is 0 Å². The van der Waals surface area contributed by atoms with Crippen LogP contribution in [0.1, 0.15) is 39.5 Å². The van der Waals surface area contributed by atoms with Crippen LogP contribution in [0.2, 0.25) is 0 Å². The molecule has 0 spiro atoms. The van der Waals surface area contributed by atoms with E-state index in [9.17, 15) is 20.4 Å². The second-order valence-corrected chi connectivity index (χ2v) is 7.83. The number of hydrogen-bond donors (Lipinski definition) is 4. The number of ether oxygens (including phenoxy) is 5. The Hall–Kier alpha value is -0.440. The van der Waals surface area contributed by atoms with Crippen molar-refractivity contribution in [1.29, 1.82) is 0 Å². The molecular formula is C21H44O11. The quantitative estimate of drug-likeness (QED) is 0.0691. The van der Waals surface area contributed by atoms with Gasteiger partial charge in [-0.1, -0.05) is 0 Å². The molecule has 11 heteroatoms. The van der Waals surface area contributed by atoms with Gasteiger partial charge in [-0.2, -0.15) is 0 Å². The van der Waals surface area contributed by atoms with Gasteiger partial charge in [-0.25, -0.2) is 9.78 Å². The second-order valence-electron chi connectivity index (χ2n) is 7.83. The van der Waals surface area contributed by atoms with Crippen LogP contribution in [0.3, 0.4) is 0 Å². The molecule has 0 saturated carbocycles. The highest BCUT2D eigenvalue weighted by Crippen LogP contribution is 2.11. The Morgan fingerprint density at radius 3 is 1.78 bits per heavy atom. The third-order valence-electron chi connectivity index (χ3n) is 4.30. The van der Waals surface area contributed by atoms with Crippen molar-refractivity contribution in [2.24, 2.45) is 0 Å². The number of rotatable bonds is 23. The van der Waals surface area contributed by atoms with Crippen LogP contribution in [0.5, 0.6) is 0 Å². The van der Waals surface area contributed by atoms with Gasteiger partial charge in [0.25, 0.3) is 0 Å². The predicted octanol–water partition coefficient (Wildman–Crippen LogP) is 0.0157. The normalized spacial score (nSPS) is 17.6. The van der Waals surface area contributed by atoms with E-state index in [-0.39, 0.29) is 52.0 Å². The number of aliphatic hydroxyl groups is 4. The third kappa shape index (κ3) is 20.2. The van der Waals surface area contributed by atoms with Crippen LogP contribution in [0.15, 0.2) is 0 Å². The minimum Gasteiger partial charge on any atom is -0.393 e. The maximum Gasteiger partial charge on any atom is 0.180 e. The van der Waals surface area contributed by atoms with Crippen LogP contribution >= 0.6 is 0 Å². The van der Waals surface area contributed by atoms with E-state index in [1.165, 1.54) is 0 Å². The van der Waals surface area contributed by atoms with Gasteiger partial charge < -0.3 is 44.1 Å². The Morgan fingerprint density at radius 1 is 0.625 bits per heavy atom. The van der Waals surface area contributed by atoms with E-state index < -0.39 is 30.5 Å². The molecule has 6 atom stereocenters. The minimum atomic E-state index is -0.758. The van der Waals surface area contributed by atoms with E-state index in [0.717, 1.165) is 0 Å². The van der Waals surface area contributed by atoms with Gasteiger partial charge in [0.2, 0.25) is 0 Å². The molecule has 11 nitrogen and oxygen atoms in total. The summed E-state index contributed by atoms with van der Waals surface area (Å²) in [7, 11) is 3.12. The van der Waals surface area contributed by atoms with Crippen LogP contribution in [-0.2, 0) is 33.5 Å². The van der Waals surface area contributed by atoms with E-state index in [1.54, 1.807) is 28.1 Å². The summed E-state index contributed by atoms with van der Waals surface area (Å²) in [5.74, 6) is 0. The zero-order chi connectivity index (χ0) is 24.2. The van der Waals surface area contributed by atoms with E-state index in [4.69, 9.17) is 33.5 Å². The molecule has 194 valence electrons. The highest BCUT2D eigenvalue weighted by molar-refractivity contribution is 4.68. The van der Waals surface area contributed by atoms with Crippen LogP contribution in [0.4, 0.5) is 0 Å². The average Bonchev–Trinajstić information content (AvgIpc) is 2.68. The van der Waals surface area contributed by atoms with Gasteiger partial charge in [-0.05, 0) is 26.7 Å². The van der Waals surface area contributed by atoms with E-state index in [2.05, 4.69) is 0 Å². The first kappa shape index (κ1) is 31.6. The molecule has 0 bridgehead atoms. The number of hydrogen-bond acceptors (Lipinski definition) is 11. The molecular weight excluding hydrogens is 428 g/mol. The SMILES string of the molecule is COCCOCC(CC(O)CC(C)O)OOCOCCOC(COC)CC(O)CC(C)O. The molecule has 0 heterocycles. The summed E-state index contributed by atoms with van der Waals surface area (Å²) in [6, 6.07) is 0. The zero-order valence-electron chi connectivity index (χ0n) is 19.9. The first-order valence-corrected chi connectivity index (χ1v) is 11.0. The molecule has 0 rings (SSSR count). The molecule has 6 unspecified atom stereocenters. The fraction of sp³-hybridized carbons (Fsp3) is 1.00. The molecule has 0 aromatic rings. The molecule has 0 amide bonds. The summed E-state index contributed by atoms with van der Waals surface area (Å²) in [6.07, 6.45) is -2.44. The lowest BCUT2D eigenvalue weighted by molar-refractivity contribution is -0.368. The summed E-state index contributed by atoms with van der Waals surface area (Å²) < 4.78 is 26.4. The van der Waals surface area contributed by atoms with Crippen molar-refractivity contribution in [2.75, 3.05) is 60.7 Å². The smallest absolute Gasteiger partial charge is 0.180 e. The molecule has 0 aromatic heterocycles. The highest BCUT2D eigenvalue weighted by atomic mass is 17.2. The largest absolute Gasteiger partial charge is 0.393 e. The Bertz CT molecular complexity index is 398. The lowest BCUT2D eigenvalue weighted by Crippen LogP contribution is -2.29. The fourth-order valence-electron chi connectivity index (χ4n) is 2.94. The van der Waals surface area contributed by atoms with Crippen molar-refractivity contribution in [3.63, 3.8) is 0 Å². The molecule has 0 aliphatic rings. The lowest BCUT2D eigenvalue weighted by atomic mass is 10.1. The first-order valence-electron chi connectivity index (χ1n) is 11.0. The van der Waals surface area contributed by atoms with Crippen molar-refractivity contribution in [3.8, 4) is 0 Å². The second kappa shape index (κ2) is 21.1. The Kier molecular flexibility index (Phi) is 20.8. The van der Waals surface area contributed by atoms with E-state index >= 15 is 0 Å². The van der Waals surface area contributed by atoms with Crippen molar-refractivity contribution in [2.45, 2.75) is 76.2 Å². The maximum atomic E-state index is 10.0. The Morgan fingerprint density at radius 2 is 1.22 bits per heavy atom. The van der Waals surface area contributed by atoms with Gasteiger partial charge in [0.15, 0.2) is 6.79 Å². The highest BCUT2D eigenvalue weighted by Gasteiger charge is 2.19. The summed E-state index contributed by atoms with van der Waals surface area (Å²) >= 11 is 0. The van der Waals surface area contributed by atoms with Crippen molar-refractivity contribution in [3.05, 3.63) is 0 Å². The molecule has 0 saturated heterocycles. The van der Waals surface area contributed by atoms with Gasteiger partial charge in [0.1, 0.15) is 6.10 Å². The molecule has 0 aliphatic carbocycles. The molecule has 4 N–H and O–H groups in total. The van der Waals surface area contributed by atoms with Crippen LogP contribution in [-0.4, -0.2) is 118 Å². The van der Waals surface area contributed by atoms with Gasteiger partial charge in [-0.15, -0.1) is 0 Å². The Balaban J connectivity index is 4.11.